The highest BCUT2D eigenvalue weighted by atomic mass is 15.1. The highest BCUT2D eigenvalue weighted by Gasteiger charge is 2.15. The fourth-order valence-corrected chi connectivity index (χ4v) is 3.59. The van der Waals surface area contributed by atoms with E-state index in [4.69, 9.17) is 0 Å². The highest BCUT2D eigenvalue weighted by Crippen LogP contribution is 2.22. The molecule has 0 unspecified atom stereocenters. The van der Waals surface area contributed by atoms with Gasteiger partial charge in [-0.15, -0.1) is 0 Å². The lowest BCUT2D eigenvalue weighted by molar-refractivity contribution is 0.190. The summed E-state index contributed by atoms with van der Waals surface area (Å²) in [5.74, 6) is 1.93. The molecule has 2 fully saturated rings. The molecule has 0 aromatic heterocycles. The van der Waals surface area contributed by atoms with Gasteiger partial charge in [0, 0.05) is 0 Å². The van der Waals surface area contributed by atoms with Gasteiger partial charge in [0.05, 0.1) is 0 Å². The lowest BCUT2D eigenvalue weighted by Gasteiger charge is -2.30. The fraction of sp³-hybridized carbons (Fsp3) is 1.00. The average Bonchev–Trinajstić information content (AvgIpc) is 2.69. The van der Waals surface area contributed by atoms with Crippen molar-refractivity contribution < 1.29 is 0 Å². The van der Waals surface area contributed by atoms with Crippen LogP contribution in [-0.4, -0.2) is 37.6 Å². The maximum atomic E-state index is 3.70. The van der Waals surface area contributed by atoms with Gasteiger partial charge >= 0.3 is 0 Å². The van der Waals surface area contributed by atoms with Crippen LogP contribution in [0.1, 0.15) is 64.7 Å². The quantitative estimate of drug-likeness (QED) is 0.583. The number of likely N-dealkylation sites (tertiary alicyclic amines) is 1. The highest BCUT2D eigenvalue weighted by molar-refractivity contribution is 4.70. The van der Waals surface area contributed by atoms with Crippen LogP contribution in [0.25, 0.3) is 0 Å². The van der Waals surface area contributed by atoms with E-state index < -0.39 is 0 Å². The summed E-state index contributed by atoms with van der Waals surface area (Å²) in [5.41, 5.74) is 0. The van der Waals surface area contributed by atoms with Gasteiger partial charge in [-0.2, -0.15) is 0 Å². The van der Waals surface area contributed by atoms with Gasteiger partial charge in [-0.3, -0.25) is 0 Å². The smallest absolute Gasteiger partial charge is 0.000664 e. The van der Waals surface area contributed by atoms with Crippen LogP contribution < -0.4 is 5.32 Å². The van der Waals surface area contributed by atoms with Gasteiger partial charge in [-0.25, -0.2) is 0 Å². The van der Waals surface area contributed by atoms with Crippen molar-refractivity contribution in [3.63, 3.8) is 0 Å². The Kier molecular flexibility index (Phi) is 7.23. The summed E-state index contributed by atoms with van der Waals surface area (Å²) in [6, 6.07) is 0. The molecule has 0 amide bonds. The van der Waals surface area contributed by atoms with Crippen LogP contribution in [0, 0.1) is 11.8 Å². The number of hydrogen-bond acceptors (Lipinski definition) is 2. The number of nitrogens with zero attached hydrogens (tertiary/aromatic N) is 1. The number of rotatable bonds is 6. The van der Waals surface area contributed by atoms with Crippen molar-refractivity contribution in [1.82, 2.24) is 10.2 Å². The molecule has 19 heavy (non-hydrogen) atoms. The van der Waals surface area contributed by atoms with E-state index in [0.29, 0.717) is 0 Å². The minimum absolute atomic E-state index is 0.963. The van der Waals surface area contributed by atoms with E-state index in [0.717, 1.165) is 11.8 Å². The Labute approximate surface area is 120 Å². The molecule has 1 saturated carbocycles. The molecule has 1 aliphatic carbocycles. The van der Waals surface area contributed by atoms with Crippen LogP contribution >= 0.6 is 0 Å². The third-order valence-electron chi connectivity index (χ3n) is 5.11. The standard InChI is InChI=1S/C17H34N2/c1-16-9-13-19(14-10-16)12-6-11-18-15-17-7-4-2-3-5-8-17/h16-18H,2-15H2,1H3. The van der Waals surface area contributed by atoms with Gasteiger partial charge < -0.3 is 10.2 Å². The van der Waals surface area contributed by atoms with Crippen molar-refractivity contribution in [2.45, 2.75) is 64.7 Å². The normalized spacial score (nSPS) is 24.5. The summed E-state index contributed by atoms with van der Waals surface area (Å²) >= 11 is 0. The van der Waals surface area contributed by atoms with Gasteiger partial charge in [0.2, 0.25) is 0 Å². The summed E-state index contributed by atoms with van der Waals surface area (Å²) in [7, 11) is 0. The zero-order valence-corrected chi connectivity index (χ0v) is 13.0. The monoisotopic (exact) mass is 266 g/mol. The van der Waals surface area contributed by atoms with Crippen molar-refractivity contribution in [3.8, 4) is 0 Å². The third-order valence-corrected chi connectivity index (χ3v) is 5.11. The predicted octanol–water partition coefficient (Wildman–Crippen LogP) is 3.67. The Morgan fingerprint density at radius 3 is 2.32 bits per heavy atom. The lowest BCUT2D eigenvalue weighted by Crippen LogP contribution is -2.35. The number of piperidine rings is 1. The Balaban J connectivity index is 1.45. The molecule has 1 saturated heterocycles. The van der Waals surface area contributed by atoms with E-state index in [9.17, 15) is 0 Å². The van der Waals surface area contributed by atoms with Crippen LogP contribution in [0.15, 0.2) is 0 Å². The van der Waals surface area contributed by atoms with Crippen molar-refractivity contribution in [2.75, 3.05) is 32.7 Å². The first kappa shape index (κ1) is 15.3. The maximum Gasteiger partial charge on any atom is -0.000664 e. The van der Waals surface area contributed by atoms with E-state index in [2.05, 4.69) is 17.1 Å². The molecule has 2 nitrogen and oxygen atoms in total. The minimum atomic E-state index is 0.963. The van der Waals surface area contributed by atoms with E-state index in [1.165, 1.54) is 90.5 Å². The average molecular weight is 266 g/mol. The summed E-state index contributed by atoms with van der Waals surface area (Å²) in [6.07, 6.45) is 13.0. The van der Waals surface area contributed by atoms with Gasteiger partial charge in [0.15, 0.2) is 0 Å². The molecule has 112 valence electrons. The van der Waals surface area contributed by atoms with Gasteiger partial charge in [0.25, 0.3) is 0 Å². The minimum Gasteiger partial charge on any atom is -0.316 e. The molecule has 0 radical (unpaired) electrons. The predicted molar refractivity (Wildman–Crippen MR) is 83.5 cm³/mol. The lowest BCUT2D eigenvalue weighted by atomic mass is 9.99. The summed E-state index contributed by atoms with van der Waals surface area (Å²) < 4.78 is 0. The zero-order chi connectivity index (χ0) is 13.3. The molecule has 0 aromatic carbocycles. The second-order valence-electron chi connectivity index (χ2n) is 6.94. The summed E-state index contributed by atoms with van der Waals surface area (Å²) in [5, 5.41) is 3.70. The van der Waals surface area contributed by atoms with Crippen molar-refractivity contribution >= 4 is 0 Å². The first-order valence-electron chi connectivity index (χ1n) is 8.77. The molecular formula is C17H34N2. The van der Waals surface area contributed by atoms with Crippen molar-refractivity contribution in [1.29, 1.82) is 0 Å². The van der Waals surface area contributed by atoms with Gasteiger partial charge in [-0.05, 0) is 76.7 Å². The maximum absolute atomic E-state index is 3.70. The van der Waals surface area contributed by atoms with E-state index in [1.807, 2.05) is 0 Å². The fourth-order valence-electron chi connectivity index (χ4n) is 3.59. The Morgan fingerprint density at radius 2 is 1.63 bits per heavy atom. The van der Waals surface area contributed by atoms with Crippen LogP contribution in [0.3, 0.4) is 0 Å². The molecule has 2 heteroatoms. The third kappa shape index (κ3) is 6.27. The molecule has 1 aliphatic heterocycles. The molecule has 0 spiro atoms. The number of nitrogens with one attached hydrogen (secondary N) is 1. The molecule has 0 atom stereocenters. The van der Waals surface area contributed by atoms with Crippen molar-refractivity contribution in [2.24, 2.45) is 11.8 Å². The Hall–Kier alpha value is -0.0800. The van der Waals surface area contributed by atoms with Gasteiger partial charge in [0.1, 0.15) is 0 Å². The number of hydrogen-bond donors (Lipinski definition) is 1. The second-order valence-corrected chi connectivity index (χ2v) is 6.94. The van der Waals surface area contributed by atoms with E-state index >= 15 is 0 Å². The summed E-state index contributed by atoms with van der Waals surface area (Å²) in [6.45, 7) is 8.88. The Bertz CT molecular complexity index is 213. The second kappa shape index (κ2) is 8.97. The van der Waals surface area contributed by atoms with Crippen LogP contribution in [0.5, 0.6) is 0 Å². The zero-order valence-electron chi connectivity index (χ0n) is 13.0. The van der Waals surface area contributed by atoms with E-state index in [1.54, 1.807) is 0 Å². The first-order chi connectivity index (χ1) is 9.34. The van der Waals surface area contributed by atoms with E-state index in [-0.39, 0.29) is 0 Å². The molecule has 2 rings (SSSR count). The largest absolute Gasteiger partial charge is 0.316 e. The molecule has 1 heterocycles. The Morgan fingerprint density at radius 1 is 0.947 bits per heavy atom. The molecule has 1 N–H and O–H groups in total. The van der Waals surface area contributed by atoms with Gasteiger partial charge in [-0.1, -0.05) is 32.6 Å². The van der Waals surface area contributed by atoms with Crippen LogP contribution in [-0.2, 0) is 0 Å². The molecule has 0 bridgehead atoms. The van der Waals surface area contributed by atoms with Crippen LogP contribution in [0.4, 0.5) is 0 Å². The van der Waals surface area contributed by atoms with Crippen molar-refractivity contribution in [3.05, 3.63) is 0 Å². The van der Waals surface area contributed by atoms with Crippen LogP contribution in [0.2, 0.25) is 0 Å². The molecule has 0 aromatic rings. The summed E-state index contributed by atoms with van der Waals surface area (Å²) in [4.78, 5) is 2.66. The SMILES string of the molecule is CC1CCN(CCCNCC2CCCCCC2)CC1. The molecular weight excluding hydrogens is 232 g/mol. The molecule has 2 aliphatic rings. The topological polar surface area (TPSA) is 15.3 Å². The first-order valence-corrected chi connectivity index (χ1v) is 8.77.